The van der Waals surface area contributed by atoms with Gasteiger partial charge in [-0.25, -0.2) is 0 Å². The maximum atomic E-state index is 11.6. The average molecular weight is 345 g/mol. The highest BCUT2D eigenvalue weighted by Crippen LogP contribution is 2.36. The molecular weight excluding hydrogens is 322 g/mol. The second-order valence-corrected chi connectivity index (χ2v) is 6.59. The molecule has 4 heteroatoms. The third-order valence-corrected chi connectivity index (χ3v) is 4.69. The smallest absolute Gasteiger partial charge is 0.118 e. The Morgan fingerprint density at radius 3 is 2.04 bits per heavy atom. The topological polar surface area (TPSA) is 45.6 Å². The van der Waals surface area contributed by atoms with Gasteiger partial charge in [0.05, 0.1) is 0 Å². The minimum Gasteiger partial charge on any atom is -0.378 e. The molecule has 0 N–H and O–H groups in total. The van der Waals surface area contributed by atoms with E-state index in [0.717, 1.165) is 11.3 Å². The van der Waals surface area contributed by atoms with Gasteiger partial charge in [0.2, 0.25) is 0 Å². The fourth-order valence-corrected chi connectivity index (χ4v) is 3.20. The molecule has 0 amide bonds. The standard InChI is InChI=1S/C22H23N3O/c1-25(2)20-10-8-18(9-11-20)21(17-6-4-3-5-7-17)16-22(24-26)19-12-14-23-15-13-19/h3-15,21-22H,16H2,1-2H3/t21-,22?/m0/s1. The number of benzene rings is 2. The predicted molar refractivity (Wildman–Crippen MR) is 106 cm³/mol. The lowest BCUT2D eigenvalue weighted by Crippen LogP contribution is -2.10. The lowest BCUT2D eigenvalue weighted by atomic mass is 9.84. The molecule has 1 aromatic heterocycles. The Balaban J connectivity index is 1.94. The van der Waals surface area contributed by atoms with Gasteiger partial charge >= 0.3 is 0 Å². The van der Waals surface area contributed by atoms with Gasteiger partial charge in [-0.05, 0) is 47.4 Å². The zero-order valence-electron chi connectivity index (χ0n) is 15.1. The van der Waals surface area contributed by atoms with Crippen LogP contribution in [0.2, 0.25) is 0 Å². The quantitative estimate of drug-likeness (QED) is 0.554. The van der Waals surface area contributed by atoms with Gasteiger partial charge in [-0.3, -0.25) is 4.98 Å². The van der Waals surface area contributed by atoms with E-state index >= 15 is 0 Å². The fourth-order valence-electron chi connectivity index (χ4n) is 3.20. The zero-order valence-corrected chi connectivity index (χ0v) is 15.1. The number of hydrogen-bond donors (Lipinski definition) is 0. The van der Waals surface area contributed by atoms with Crippen LogP contribution in [0.15, 0.2) is 84.3 Å². The van der Waals surface area contributed by atoms with Crippen molar-refractivity contribution < 1.29 is 0 Å². The Bertz CT molecular complexity index is 817. The fraction of sp³-hybridized carbons (Fsp3) is 0.227. The molecule has 1 heterocycles. The van der Waals surface area contributed by atoms with Crippen LogP contribution in [0.25, 0.3) is 0 Å². The molecule has 0 aliphatic heterocycles. The third-order valence-electron chi connectivity index (χ3n) is 4.69. The van der Waals surface area contributed by atoms with Crippen LogP contribution < -0.4 is 4.90 Å². The van der Waals surface area contributed by atoms with Crippen molar-refractivity contribution in [3.63, 3.8) is 0 Å². The van der Waals surface area contributed by atoms with Crippen molar-refractivity contribution in [2.45, 2.75) is 18.4 Å². The molecule has 0 aliphatic rings. The van der Waals surface area contributed by atoms with Crippen molar-refractivity contribution in [1.29, 1.82) is 0 Å². The van der Waals surface area contributed by atoms with Gasteiger partial charge in [0.25, 0.3) is 0 Å². The van der Waals surface area contributed by atoms with Crippen LogP contribution in [-0.2, 0) is 0 Å². The minimum absolute atomic E-state index is 0.100. The van der Waals surface area contributed by atoms with E-state index in [4.69, 9.17) is 0 Å². The summed E-state index contributed by atoms with van der Waals surface area (Å²) in [4.78, 5) is 17.7. The third kappa shape index (κ3) is 4.14. The highest BCUT2D eigenvalue weighted by Gasteiger charge is 2.22. The van der Waals surface area contributed by atoms with Crippen molar-refractivity contribution in [1.82, 2.24) is 4.98 Å². The van der Waals surface area contributed by atoms with Crippen molar-refractivity contribution in [2.75, 3.05) is 19.0 Å². The van der Waals surface area contributed by atoms with E-state index in [0.29, 0.717) is 6.42 Å². The summed E-state index contributed by atoms with van der Waals surface area (Å²) >= 11 is 0. The van der Waals surface area contributed by atoms with Crippen LogP contribution in [0.3, 0.4) is 0 Å². The first-order chi connectivity index (χ1) is 12.7. The van der Waals surface area contributed by atoms with E-state index in [9.17, 15) is 4.91 Å². The Kier molecular flexibility index (Phi) is 5.74. The normalized spacial score (nSPS) is 13.0. The van der Waals surface area contributed by atoms with Gasteiger partial charge < -0.3 is 4.90 Å². The molecule has 0 fully saturated rings. The van der Waals surface area contributed by atoms with Gasteiger partial charge in [-0.15, -0.1) is 0 Å². The van der Waals surface area contributed by atoms with Crippen molar-refractivity contribution in [2.24, 2.45) is 5.18 Å². The minimum atomic E-state index is -0.406. The lowest BCUT2D eigenvalue weighted by molar-refractivity contribution is 0.594. The first-order valence-corrected chi connectivity index (χ1v) is 8.73. The number of pyridine rings is 1. The summed E-state index contributed by atoms with van der Waals surface area (Å²) in [6.45, 7) is 0. The van der Waals surface area contributed by atoms with E-state index in [1.807, 2.05) is 44.4 Å². The maximum absolute atomic E-state index is 11.6. The van der Waals surface area contributed by atoms with Gasteiger partial charge in [-0.2, -0.15) is 4.91 Å². The molecule has 0 saturated heterocycles. The summed E-state index contributed by atoms with van der Waals surface area (Å²) in [6, 6.07) is 22.1. The monoisotopic (exact) mass is 345 g/mol. The first kappa shape index (κ1) is 17.8. The van der Waals surface area contributed by atoms with Crippen molar-refractivity contribution >= 4 is 5.69 Å². The number of anilines is 1. The van der Waals surface area contributed by atoms with Crippen LogP contribution in [0, 0.1) is 4.91 Å². The molecule has 3 rings (SSSR count). The summed E-state index contributed by atoms with van der Waals surface area (Å²) in [6.07, 6.45) is 4.03. The van der Waals surface area contributed by atoms with Crippen LogP contribution in [0.4, 0.5) is 5.69 Å². The Morgan fingerprint density at radius 1 is 0.846 bits per heavy atom. The van der Waals surface area contributed by atoms with E-state index < -0.39 is 6.04 Å². The van der Waals surface area contributed by atoms with Crippen molar-refractivity contribution in [3.8, 4) is 0 Å². The summed E-state index contributed by atoms with van der Waals surface area (Å²) in [7, 11) is 4.05. The molecule has 3 aromatic rings. The molecule has 2 aromatic carbocycles. The SMILES string of the molecule is CN(C)c1ccc([C@@H](CC(N=O)c2ccncc2)c2ccccc2)cc1. The maximum Gasteiger partial charge on any atom is 0.118 e. The van der Waals surface area contributed by atoms with Gasteiger partial charge in [-0.1, -0.05) is 47.6 Å². The zero-order chi connectivity index (χ0) is 18.4. The van der Waals surface area contributed by atoms with E-state index in [1.165, 1.54) is 11.1 Å². The molecule has 26 heavy (non-hydrogen) atoms. The van der Waals surface area contributed by atoms with Crippen LogP contribution in [-0.4, -0.2) is 19.1 Å². The van der Waals surface area contributed by atoms with Crippen molar-refractivity contribution in [3.05, 3.63) is 101 Å². The lowest BCUT2D eigenvalue weighted by Gasteiger charge is -2.22. The highest BCUT2D eigenvalue weighted by molar-refractivity contribution is 5.48. The van der Waals surface area contributed by atoms with Crippen LogP contribution >= 0.6 is 0 Å². The molecule has 0 spiro atoms. The van der Waals surface area contributed by atoms with Gasteiger partial charge in [0.1, 0.15) is 6.04 Å². The van der Waals surface area contributed by atoms with Crippen LogP contribution in [0.1, 0.15) is 35.1 Å². The molecule has 2 atom stereocenters. The summed E-state index contributed by atoms with van der Waals surface area (Å²) < 4.78 is 0. The Morgan fingerprint density at radius 2 is 1.46 bits per heavy atom. The number of hydrogen-bond acceptors (Lipinski definition) is 4. The number of aromatic nitrogens is 1. The van der Waals surface area contributed by atoms with Gasteiger partial charge in [0.15, 0.2) is 0 Å². The number of nitrogens with zero attached hydrogens (tertiary/aromatic N) is 3. The second kappa shape index (κ2) is 8.39. The molecular formula is C22H23N3O. The van der Waals surface area contributed by atoms with E-state index in [2.05, 4.69) is 51.5 Å². The van der Waals surface area contributed by atoms with E-state index in [-0.39, 0.29) is 5.92 Å². The first-order valence-electron chi connectivity index (χ1n) is 8.73. The Hall–Kier alpha value is -3.01. The molecule has 0 aliphatic carbocycles. The van der Waals surface area contributed by atoms with E-state index in [1.54, 1.807) is 12.4 Å². The largest absolute Gasteiger partial charge is 0.378 e. The molecule has 4 nitrogen and oxygen atoms in total. The predicted octanol–water partition coefficient (Wildman–Crippen LogP) is 5.18. The molecule has 0 bridgehead atoms. The summed E-state index contributed by atoms with van der Waals surface area (Å²) in [5.74, 6) is 0.100. The van der Waals surface area contributed by atoms with Gasteiger partial charge in [0, 0.05) is 38.1 Å². The highest BCUT2D eigenvalue weighted by atomic mass is 16.3. The Labute approximate surface area is 154 Å². The summed E-state index contributed by atoms with van der Waals surface area (Å²) in [5, 5.41) is 3.41. The second-order valence-electron chi connectivity index (χ2n) is 6.59. The molecule has 0 radical (unpaired) electrons. The number of rotatable bonds is 7. The average Bonchev–Trinajstić information content (AvgIpc) is 2.70. The molecule has 1 unspecified atom stereocenters. The molecule has 0 saturated carbocycles. The number of nitroso groups, excluding NO2 is 1. The molecule has 132 valence electrons. The van der Waals surface area contributed by atoms with Crippen LogP contribution in [0.5, 0.6) is 0 Å². The summed E-state index contributed by atoms with van der Waals surface area (Å²) in [5.41, 5.74) is 4.43.